The van der Waals surface area contributed by atoms with Crippen LogP contribution in [0.1, 0.15) is 94.4 Å². The van der Waals surface area contributed by atoms with Crippen molar-refractivity contribution < 1.29 is 67.1 Å². The SMILES string of the molecule is CO[C@H]1C(C)[C@H](OC2C(C)=CC[C@@H]3C[C@@H](C[C@]4(C=C[C@H](C)[C@@H](C(C)C)O4)O3)OC(=O)[C@@H]3C=C(C)[C@@H](OC)C4OCC(CC=CC2C)[C@]43O)O[C@@H](C)C1O[C@H]1C[C@H](OC)[C@@H](O)[C@H](C)O1. The Kier molecular flexibility index (Phi) is 15.5. The van der Waals surface area contributed by atoms with E-state index in [0.29, 0.717) is 32.1 Å². The van der Waals surface area contributed by atoms with Gasteiger partial charge in [-0.1, -0.05) is 65.0 Å². The Morgan fingerprint density at radius 3 is 2.29 bits per heavy atom. The molecule has 6 unspecified atom stereocenters. The zero-order valence-electron chi connectivity index (χ0n) is 39.5. The highest BCUT2D eigenvalue weighted by Gasteiger charge is 2.62. The molecule has 2 N–H and O–H groups in total. The van der Waals surface area contributed by atoms with Crippen molar-refractivity contribution in [3.8, 4) is 0 Å². The van der Waals surface area contributed by atoms with Crippen molar-refractivity contribution in [2.24, 2.45) is 35.5 Å². The maximum absolute atomic E-state index is 14.5. The molecule has 0 amide bonds. The van der Waals surface area contributed by atoms with Crippen molar-refractivity contribution in [1.29, 1.82) is 0 Å². The van der Waals surface area contributed by atoms with Gasteiger partial charge in [0.25, 0.3) is 0 Å². The summed E-state index contributed by atoms with van der Waals surface area (Å²) in [5.74, 6) is -2.92. The maximum atomic E-state index is 14.5. The van der Waals surface area contributed by atoms with E-state index in [4.69, 9.17) is 52.1 Å². The molecule has 14 heteroatoms. The van der Waals surface area contributed by atoms with Crippen LogP contribution in [0.5, 0.6) is 0 Å². The molecule has 21 atom stereocenters. The van der Waals surface area contributed by atoms with Gasteiger partial charge < -0.3 is 62.3 Å². The van der Waals surface area contributed by atoms with E-state index in [1.165, 1.54) is 0 Å². The molecule has 4 fully saturated rings. The number of methoxy groups -OCH3 is 3. The van der Waals surface area contributed by atoms with Crippen molar-refractivity contribution >= 4 is 5.97 Å². The van der Waals surface area contributed by atoms with Crippen LogP contribution < -0.4 is 0 Å². The van der Waals surface area contributed by atoms with Crippen LogP contribution in [0.25, 0.3) is 0 Å². The average molecular weight is 889 g/mol. The monoisotopic (exact) mass is 889 g/mol. The first kappa shape index (κ1) is 48.9. The minimum absolute atomic E-state index is 0.0897. The first-order valence-electron chi connectivity index (χ1n) is 23.4. The van der Waals surface area contributed by atoms with Crippen molar-refractivity contribution in [2.45, 2.75) is 192 Å². The number of allylic oxidation sites excluding steroid dienone is 1. The first-order valence-corrected chi connectivity index (χ1v) is 23.4. The Labute approximate surface area is 374 Å². The summed E-state index contributed by atoms with van der Waals surface area (Å²) in [6.07, 6.45) is 7.57. The Hall–Kier alpha value is -2.05. The molecule has 0 saturated carbocycles. The number of rotatable bonds is 8. The van der Waals surface area contributed by atoms with Gasteiger partial charge in [-0.3, -0.25) is 4.79 Å². The largest absolute Gasteiger partial charge is 0.462 e. The Morgan fingerprint density at radius 2 is 1.59 bits per heavy atom. The van der Waals surface area contributed by atoms with Gasteiger partial charge in [-0.15, -0.1) is 0 Å². The van der Waals surface area contributed by atoms with Gasteiger partial charge in [0.05, 0.1) is 49.3 Å². The second kappa shape index (κ2) is 20.0. The molecule has 356 valence electrons. The summed E-state index contributed by atoms with van der Waals surface area (Å²) in [7, 11) is 4.86. The average Bonchev–Trinajstić information content (AvgIpc) is 3.57. The fourth-order valence-corrected chi connectivity index (χ4v) is 11.4. The number of ether oxygens (including phenoxy) is 11. The third kappa shape index (κ3) is 9.85. The summed E-state index contributed by atoms with van der Waals surface area (Å²) in [6, 6.07) is 0. The second-order valence-electron chi connectivity index (χ2n) is 19.9. The van der Waals surface area contributed by atoms with Crippen molar-refractivity contribution in [3.05, 3.63) is 47.6 Å². The summed E-state index contributed by atoms with van der Waals surface area (Å²) in [5.41, 5.74) is 0.240. The van der Waals surface area contributed by atoms with Crippen LogP contribution in [0, 0.1) is 35.5 Å². The Bertz CT molecular complexity index is 1700. The lowest BCUT2D eigenvalue weighted by atomic mass is 9.67. The lowest BCUT2D eigenvalue weighted by Gasteiger charge is -2.48. The number of esters is 1. The van der Waals surface area contributed by atoms with Gasteiger partial charge in [-0.2, -0.15) is 0 Å². The van der Waals surface area contributed by atoms with Gasteiger partial charge in [-0.25, -0.2) is 0 Å². The highest BCUT2D eigenvalue weighted by molar-refractivity contribution is 5.77. The normalized spacial score (nSPS) is 48.4. The molecule has 2 bridgehead atoms. The quantitative estimate of drug-likeness (QED) is 0.217. The molecule has 1 spiro atoms. The zero-order chi connectivity index (χ0) is 45.5. The minimum Gasteiger partial charge on any atom is -0.462 e. The molecule has 1 aliphatic carbocycles. The van der Waals surface area contributed by atoms with Crippen LogP contribution in [0.2, 0.25) is 0 Å². The van der Waals surface area contributed by atoms with Gasteiger partial charge in [0.15, 0.2) is 18.4 Å². The van der Waals surface area contributed by atoms with Crippen LogP contribution >= 0.6 is 0 Å². The molecule has 63 heavy (non-hydrogen) atoms. The van der Waals surface area contributed by atoms with E-state index in [1.54, 1.807) is 21.3 Å². The van der Waals surface area contributed by atoms with Crippen LogP contribution in [-0.4, -0.2) is 141 Å². The van der Waals surface area contributed by atoms with E-state index < -0.39 is 103 Å². The van der Waals surface area contributed by atoms with Crippen LogP contribution in [0.4, 0.5) is 0 Å². The summed E-state index contributed by atoms with van der Waals surface area (Å²) in [5, 5.41) is 23.4. The van der Waals surface area contributed by atoms with E-state index in [0.717, 1.165) is 11.1 Å². The number of carbonyl (C=O) groups is 1. The van der Waals surface area contributed by atoms with Crippen LogP contribution in [0.15, 0.2) is 47.6 Å². The molecular formula is C49H76O14. The number of hydrogen-bond acceptors (Lipinski definition) is 14. The van der Waals surface area contributed by atoms with E-state index in [1.807, 2.05) is 39.8 Å². The molecule has 4 saturated heterocycles. The highest BCUT2D eigenvalue weighted by atomic mass is 16.7. The van der Waals surface area contributed by atoms with E-state index in [-0.39, 0.29) is 42.5 Å². The molecule has 6 heterocycles. The molecule has 0 aromatic rings. The maximum Gasteiger partial charge on any atom is 0.316 e. The molecule has 7 rings (SSSR count). The topological polar surface area (TPSA) is 159 Å². The highest BCUT2D eigenvalue weighted by Crippen LogP contribution is 2.49. The molecule has 14 nitrogen and oxygen atoms in total. The third-order valence-electron chi connectivity index (χ3n) is 15.0. The molecule has 7 aliphatic rings. The minimum atomic E-state index is -1.57. The van der Waals surface area contributed by atoms with Gasteiger partial charge in [0.2, 0.25) is 0 Å². The van der Waals surface area contributed by atoms with Crippen molar-refractivity contribution in [3.63, 3.8) is 0 Å². The van der Waals surface area contributed by atoms with E-state index in [2.05, 4.69) is 58.9 Å². The van der Waals surface area contributed by atoms with Crippen LogP contribution in [-0.2, 0) is 56.9 Å². The van der Waals surface area contributed by atoms with Crippen molar-refractivity contribution in [1.82, 2.24) is 0 Å². The predicted octanol–water partition coefficient (Wildman–Crippen LogP) is 5.97. The molecular weight excluding hydrogens is 813 g/mol. The number of hydrogen-bond donors (Lipinski definition) is 2. The summed E-state index contributed by atoms with van der Waals surface area (Å²) in [6.45, 7) is 18.6. The standard InChI is InChI=1S/C49H76O14/c1-25(2)40-28(5)18-19-48(63-40)23-35-21-34(62-48)17-16-27(4)41(26(3)14-13-15-33-24-56-45-42(54-11)29(6)20-36(46(51)59-35)49(33,45)52)61-47-30(7)43(55-12)44(32(9)58-47)60-38-22-37(53-10)39(50)31(8)57-38/h13-14,16,18-20,25-26,28,30-45,47,50,52H,15,17,21-24H2,1-12H3/t26?,28-,30?,31-,32-,33?,34+,35-,36-,37-,38-,39-,40+,41?,42+,43-,44?,45?,47-,48+,49+/m0/s1. The summed E-state index contributed by atoms with van der Waals surface area (Å²) < 4.78 is 70.5. The lowest BCUT2D eigenvalue weighted by Crippen LogP contribution is -2.60. The Balaban J connectivity index is 1.19. The van der Waals surface area contributed by atoms with Gasteiger partial charge in [0, 0.05) is 64.3 Å². The number of fused-ring (bicyclic) bond motifs is 2. The fraction of sp³-hybridized carbons (Fsp3) is 0.816. The molecule has 6 aliphatic heterocycles. The number of carbonyl (C=O) groups excluding carboxylic acids is 1. The van der Waals surface area contributed by atoms with Gasteiger partial charge >= 0.3 is 5.97 Å². The number of aliphatic hydroxyl groups is 2. The summed E-state index contributed by atoms with van der Waals surface area (Å²) in [4.78, 5) is 14.5. The molecule has 0 aromatic carbocycles. The fourth-order valence-electron chi connectivity index (χ4n) is 11.4. The number of aliphatic hydroxyl groups excluding tert-OH is 1. The second-order valence-corrected chi connectivity index (χ2v) is 19.9. The van der Waals surface area contributed by atoms with Gasteiger partial charge in [-0.05, 0) is 63.7 Å². The zero-order valence-corrected chi connectivity index (χ0v) is 39.5. The van der Waals surface area contributed by atoms with Gasteiger partial charge in [0.1, 0.15) is 42.0 Å². The smallest absolute Gasteiger partial charge is 0.316 e. The predicted molar refractivity (Wildman–Crippen MR) is 232 cm³/mol. The molecule has 0 radical (unpaired) electrons. The van der Waals surface area contributed by atoms with E-state index >= 15 is 0 Å². The van der Waals surface area contributed by atoms with Crippen molar-refractivity contribution in [2.75, 3.05) is 27.9 Å². The molecule has 0 aromatic heterocycles. The van der Waals surface area contributed by atoms with E-state index in [9.17, 15) is 15.0 Å². The third-order valence-corrected chi connectivity index (χ3v) is 15.0. The first-order chi connectivity index (χ1) is 29.9. The summed E-state index contributed by atoms with van der Waals surface area (Å²) >= 11 is 0. The Morgan fingerprint density at radius 1 is 0.825 bits per heavy atom. The van der Waals surface area contributed by atoms with Crippen LogP contribution in [0.3, 0.4) is 0 Å². The lowest BCUT2D eigenvalue weighted by molar-refractivity contribution is -0.332.